The van der Waals surface area contributed by atoms with Crippen molar-refractivity contribution in [1.82, 2.24) is 10.6 Å². The average Bonchev–Trinajstić information content (AvgIpc) is 0.860. The number of nitrogens with zero attached hydrogens (tertiary/aromatic N) is 2. The molecule has 0 spiro atoms. The molecular weight excluding hydrogens is 1990 g/mol. The van der Waals surface area contributed by atoms with Gasteiger partial charge >= 0.3 is 35.5 Å². The third-order valence-electron chi connectivity index (χ3n) is 17.3. The molecule has 0 saturated heterocycles. The Balaban J connectivity index is 0.000000425. The van der Waals surface area contributed by atoms with Crippen molar-refractivity contribution in [3.05, 3.63) is 416 Å². The molecule has 13 rings (SSSR count). The van der Waals surface area contributed by atoms with Gasteiger partial charge in [0.15, 0.2) is 75.5 Å². The van der Waals surface area contributed by atoms with E-state index in [2.05, 4.69) is 69.4 Å². The number of carboxylic acids is 1. The summed E-state index contributed by atoms with van der Waals surface area (Å²) in [5.41, 5.74) is 18.1. The third-order valence-corrected chi connectivity index (χ3v) is 17.4. The Hall–Kier alpha value is -16.5. The number of benzene rings is 13. The average molecular weight is 2090 g/mol. The summed E-state index contributed by atoms with van der Waals surface area (Å²) in [7, 11) is 0. The van der Waals surface area contributed by atoms with Crippen LogP contribution in [0.15, 0.2) is 322 Å². The number of hydrogen-bond acceptors (Lipinski definition) is 23. The molecule has 40 heteroatoms. The van der Waals surface area contributed by atoms with E-state index in [4.69, 9.17) is 50.5 Å². The zero-order valence-electron chi connectivity index (χ0n) is 76.1. The molecule has 0 saturated carbocycles. The van der Waals surface area contributed by atoms with Gasteiger partial charge in [-0.05, 0) is 139 Å². The fraction of sp³-hybridized carbons (Fsp3) is 0.147. The second-order valence-electron chi connectivity index (χ2n) is 27.9. The van der Waals surface area contributed by atoms with Crippen molar-refractivity contribution in [3.63, 3.8) is 0 Å². The summed E-state index contributed by atoms with van der Waals surface area (Å²) >= 11 is 4.67. The molecule has 12 N–H and O–H groups in total. The number of hydrogen-bond donors (Lipinski definition) is 10. The van der Waals surface area contributed by atoms with Crippen LogP contribution < -0.4 is 57.0 Å². The minimum atomic E-state index is -1.02. The molecule has 13 aromatic carbocycles. The number of phenolic OH excluding ortho intramolecular Hbond substituents is 2. The van der Waals surface area contributed by atoms with Crippen LogP contribution in [-0.4, -0.2) is 99.5 Å². The van der Waals surface area contributed by atoms with Gasteiger partial charge in [-0.1, -0.05) is 212 Å². The number of esters is 1. The number of carbonyl (C=O) groups is 7. The van der Waals surface area contributed by atoms with Crippen molar-refractivity contribution < 1.29 is 140 Å². The molecule has 31 nitrogen and oxygen atoms in total. The number of nitro benzene ring substituents is 2. The number of carboxylic acid groups (broad SMARTS) is 1. The number of nitro groups is 2. The van der Waals surface area contributed by atoms with Gasteiger partial charge in [-0.3, -0.25) is 53.9 Å². The smallest absolute Gasteiger partial charge is 0.397 e. The largest absolute Gasteiger partial charge is 0.505 e. The van der Waals surface area contributed by atoms with Gasteiger partial charge in [0.25, 0.3) is 17.3 Å². The van der Waals surface area contributed by atoms with Gasteiger partial charge in [0.1, 0.15) is 38.3 Å². The van der Waals surface area contributed by atoms with Crippen LogP contribution in [0.2, 0.25) is 0 Å². The van der Waals surface area contributed by atoms with Crippen LogP contribution in [0.3, 0.4) is 0 Å². The van der Waals surface area contributed by atoms with Gasteiger partial charge in [0.2, 0.25) is 6.11 Å². The number of carbonyl (C=O) groups excluding carboxylic acids is 6. The number of non-ortho nitro benzene ring substituents is 2. The van der Waals surface area contributed by atoms with Gasteiger partial charge in [0.05, 0.1) is 35.2 Å². The predicted molar refractivity (Wildman–Crippen MR) is 522 cm³/mol. The molecule has 0 fully saturated rings. The molecule has 0 aliphatic rings. The number of rotatable bonds is 28. The van der Waals surface area contributed by atoms with E-state index < -0.39 is 97.7 Å². The molecule has 142 heavy (non-hydrogen) atoms. The van der Waals surface area contributed by atoms with Gasteiger partial charge in [-0.25, -0.2) is 31.1 Å². The van der Waals surface area contributed by atoms with Gasteiger partial charge in [-0.15, -0.1) is 17.0 Å². The van der Waals surface area contributed by atoms with E-state index >= 15 is 0 Å². The maximum absolute atomic E-state index is 14.2. The molecule has 0 aromatic heterocycles. The molecule has 0 unspecified atom stereocenters. The Labute approximate surface area is 839 Å². The molecule has 0 aliphatic carbocycles. The maximum atomic E-state index is 14.2. The van der Waals surface area contributed by atoms with Crippen LogP contribution in [-0.2, 0) is 115 Å². The number of amides is 5. The Kier molecular flexibility index (Phi) is 58.4. The first-order valence-corrected chi connectivity index (χ1v) is 42.3. The first-order chi connectivity index (χ1) is 67.4. The molecule has 5 amide bonds. The molecule has 0 heterocycles. The number of ether oxygens (including phenoxy) is 5. The number of halogens is 8. The monoisotopic (exact) mass is 2090 g/mol. The van der Waals surface area contributed by atoms with Crippen molar-refractivity contribution in [2.45, 2.75) is 66.5 Å². The van der Waals surface area contributed by atoms with Crippen LogP contribution in [0.25, 0.3) is 0 Å². The first kappa shape index (κ1) is 120. The van der Waals surface area contributed by atoms with E-state index in [0.29, 0.717) is 50.9 Å². The van der Waals surface area contributed by atoms with Crippen LogP contribution in [0, 0.1) is 67.3 Å². The number of aromatic hydroxyl groups is 2. The molecule has 0 aliphatic heterocycles. The van der Waals surface area contributed by atoms with E-state index in [1.807, 2.05) is 212 Å². The van der Waals surface area contributed by atoms with Crippen LogP contribution in [0.1, 0.15) is 59.7 Å². The van der Waals surface area contributed by atoms with E-state index in [9.17, 15) is 75.3 Å². The Morgan fingerprint density at radius 1 is 0.387 bits per heavy atom. The fourth-order valence-corrected chi connectivity index (χ4v) is 10.7. The van der Waals surface area contributed by atoms with E-state index in [1.165, 1.54) is 60.2 Å². The fourth-order valence-electron chi connectivity index (χ4n) is 10.7. The summed E-state index contributed by atoms with van der Waals surface area (Å²) < 4.78 is 110. The predicted octanol–water partition coefficient (Wildman–Crippen LogP) is 19.1. The Bertz CT molecular complexity index is 6100. The van der Waals surface area contributed by atoms with E-state index in [1.54, 1.807) is 19.9 Å². The maximum Gasteiger partial charge on any atom is 0.397 e. The summed E-state index contributed by atoms with van der Waals surface area (Å²) in [5, 5.41) is 57.5. The summed E-state index contributed by atoms with van der Waals surface area (Å²) in [4.78, 5) is 106. The minimum Gasteiger partial charge on any atom is -0.505 e. The Morgan fingerprint density at radius 3 is 0.986 bits per heavy atom. The quantitative estimate of drug-likeness (QED) is 0.00186. The summed E-state index contributed by atoms with van der Waals surface area (Å²) in [6, 6.07) is 88.6. The standard InChI is InChI=1S/C23H21FN2O3.C17H16FNO4.C16H15FN2O3.C13H10FNO3.C13H12FNO.C8H11N.C6H4FNO3.C4H5ClO3.C2H4O2.BrH.Fe/c24-20-15-19(11-12-21(20)29-16-18-9-5-2-6-10-18)26-23(28)22(27)25-14-13-17-7-3-1-4-8-17;1-2-22-17(21)16(20)19-13-8-9-15(14(18)10-13)23-11-12-6-4-3-5-7-12;17-13-10-12(6-7-14(13)20)19-16(22)15(21)18-9-8-11-4-2-1-3-5-11;14-12-8-11(15(16)17)6-7-13(12)18-9-10-4-2-1-3-5-10;14-12-8-11(15)6-7-13(12)16-9-10-4-2-1-3-5-10;9-7-6-8-4-2-1-3-5-8;7-5-3-4(8(10)11)1-2-6(5)9;1-2-7-8-4-3-6-5;1-2(3)4;;/h1-12,15H,13-14,16H2,(H,25,27)(H,26,28);3-10H,2,11H2,1H3,(H,19,20);1-7,10,20H,8-9H2,(H,18,21)(H,19,22);1-8H,9H2;1-8H,9,15H2;1-5H,6-7,9H2;1-3,9H;2H2,1H3;1H3,(H,3,4);1H;. The van der Waals surface area contributed by atoms with Crippen molar-refractivity contribution in [1.29, 1.82) is 0 Å². The number of nitrogens with one attached hydrogen (secondary N) is 5. The molecular formula is C102H99BrClF6FeN9O22. The number of nitrogens with two attached hydrogens (primary N) is 2. The topological polar surface area (TPSA) is 452 Å². The van der Waals surface area contributed by atoms with Gasteiger partial charge in [-0.2, -0.15) is 4.89 Å². The SMILES string of the molecule is Br.CC(=O)O.CCOC(=O)C(=O)Nc1ccc(OCc2ccccc2)c(F)c1.CCOOC#COCl.NCCc1ccccc1.Nc1ccc(OCc2ccccc2)c(F)c1.O=C(NCCc1ccccc1)C(=O)Nc1ccc(O)c(F)c1.O=C(NCCc1ccccc1)C(=O)Nc1ccc(OCc2ccccc2)c(F)c1.O=[N+]([O-])c1ccc(O)c(F)c1.O=[N+]([O-])c1ccc(OCc2ccccc2)c(F)c1.[Fe]. The number of aliphatic carboxylic acids is 1. The Morgan fingerprint density at radius 2 is 0.676 bits per heavy atom. The van der Waals surface area contributed by atoms with Crippen molar-refractivity contribution in [2.75, 3.05) is 54.5 Å². The number of phenols is 2. The zero-order chi connectivity index (χ0) is 102. The number of anilines is 4. The second kappa shape index (κ2) is 69.3. The number of nitrogen functional groups attached to an aromatic ring is 1. The summed E-state index contributed by atoms with van der Waals surface area (Å²) in [5.74, 6) is -11.2. The normalized spacial score (nSPS) is 9.57. The van der Waals surface area contributed by atoms with Crippen LogP contribution in [0.5, 0.6) is 34.5 Å². The molecule has 13 aromatic rings. The molecule has 0 bridgehead atoms. The molecule has 0 atom stereocenters. The van der Waals surface area contributed by atoms with Crippen LogP contribution >= 0.6 is 28.8 Å². The van der Waals surface area contributed by atoms with Gasteiger partial charge < -0.3 is 81.3 Å². The zero-order valence-corrected chi connectivity index (χ0v) is 79.7. The van der Waals surface area contributed by atoms with Gasteiger partial charge in [0, 0.05) is 96.2 Å². The van der Waals surface area contributed by atoms with Crippen molar-refractivity contribution in [3.8, 4) is 46.7 Å². The minimum absolute atomic E-state index is 0. The van der Waals surface area contributed by atoms with E-state index in [0.717, 1.165) is 95.7 Å². The first-order valence-electron chi connectivity index (χ1n) is 42.0. The summed E-state index contributed by atoms with van der Waals surface area (Å²) in [6.45, 7) is 7.38. The van der Waals surface area contributed by atoms with Crippen LogP contribution in [0.4, 0.5) is 60.5 Å². The second-order valence-corrected chi connectivity index (χ2v) is 28.0. The molecule has 748 valence electrons. The summed E-state index contributed by atoms with van der Waals surface area (Å²) in [6.07, 6.45) is 6.17. The third kappa shape index (κ3) is 50.0. The molecule has 0 radical (unpaired) electrons. The van der Waals surface area contributed by atoms with Crippen molar-refractivity contribution >= 4 is 104 Å². The van der Waals surface area contributed by atoms with E-state index in [-0.39, 0.29) is 112 Å². The van der Waals surface area contributed by atoms with Crippen molar-refractivity contribution in [2.24, 2.45) is 5.73 Å².